The molecule has 0 aliphatic carbocycles. The van der Waals surface area contributed by atoms with E-state index >= 15 is 0 Å². The molecule has 0 spiro atoms. The van der Waals surface area contributed by atoms with Crippen LogP contribution in [0.1, 0.15) is 15.9 Å². The molecule has 0 aromatic heterocycles. The lowest BCUT2D eigenvalue weighted by Crippen LogP contribution is -2.37. The van der Waals surface area contributed by atoms with Crippen LogP contribution in [0.5, 0.6) is 0 Å². The van der Waals surface area contributed by atoms with Crippen LogP contribution < -0.4 is 0 Å². The molecule has 1 heterocycles. The van der Waals surface area contributed by atoms with E-state index in [1.165, 1.54) is 0 Å². The molecule has 1 amide bonds. The van der Waals surface area contributed by atoms with Crippen LogP contribution in [0.2, 0.25) is 5.02 Å². The molecule has 0 saturated carbocycles. The van der Waals surface area contributed by atoms with Crippen molar-refractivity contribution in [2.75, 3.05) is 26.3 Å². The highest BCUT2D eigenvalue weighted by Gasteiger charge is 2.22. The lowest BCUT2D eigenvalue weighted by atomic mass is 10.1. The fourth-order valence-corrected chi connectivity index (χ4v) is 2.07. The van der Waals surface area contributed by atoms with Crippen molar-refractivity contribution >= 4 is 17.5 Å². The standard InChI is InChI=1S/C13H16ClNO3/c1-9-2-3-10(6-12(9)14)13(17)15-4-5-18-8-11(16)7-15/h2-3,6,11,16H,4-5,7-8H2,1H3/t11-/m0/s1. The van der Waals surface area contributed by atoms with Gasteiger partial charge in [-0.1, -0.05) is 17.7 Å². The summed E-state index contributed by atoms with van der Waals surface area (Å²) in [6.07, 6.45) is -0.627. The second kappa shape index (κ2) is 5.69. The van der Waals surface area contributed by atoms with Gasteiger partial charge in [0.2, 0.25) is 0 Å². The van der Waals surface area contributed by atoms with Crippen molar-refractivity contribution in [3.05, 3.63) is 34.3 Å². The van der Waals surface area contributed by atoms with Crippen LogP contribution in [0.25, 0.3) is 0 Å². The van der Waals surface area contributed by atoms with Crippen LogP contribution in [-0.4, -0.2) is 48.3 Å². The molecule has 1 aliphatic heterocycles. The van der Waals surface area contributed by atoms with Gasteiger partial charge in [0.1, 0.15) is 0 Å². The SMILES string of the molecule is Cc1ccc(C(=O)N2CCOC[C@@H](O)C2)cc1Cl. The first-order valence-electron chi connectivity index (χ1n) is 5.89. The number of ether oxygens (including phenoxy) is 1. The highest BCUT2D eigenvalue weighted by molar-refractivity contribution is 6.31. The van der Waals surface area contributed by atoms with Gasteiger partial charge in [-0.25, -0.2) is 0 Å². The average Bonchev–Trinajstić information content (AvgIpc) is 2.56. The molecule has 1 N–H and O–H groups in total. The summed E-state index contributed by atoms with van der Waals surface area (Å²) in [7, 11) is 0. The van der Waals surface area contributed by atoms with Crippen molar-refractivity contribution in [2.24, 2.45) is 0 Å². The van der Waals surface area contributed by atoms with E-state index in [0.29, 0.717) is 30.3 Å². The number of aliphatic hydroxyl groups excluding tert-OH is 1. The van der Waals surface area contributed by atoms with E-state index in [1.807, 2.05) is 13.0 Å². The summed E-state index contributed by atoms with van der Waals surface area (Å²) in [5.74, 6) is -0.124. The number of carbonyl (C=O) groups is 1. The summed E-state index contributed by atoms with van der Waals surface area (Å²) in [6.45, 7) is 3.40. The summed E-state index contributed by atoms with van der Waals surface area (Å²) in [5, 5.41) is 10.2. The van der Waals surface area contributed by atoms with Crippen molar-refractivity contribution < 1.29 is 14.6 Å². The zero-order valence-corrected chi connectivity index (χ0v) is 11.0. The molecule has 1 atom stereocenters. The Morgan fingerprint density at radius 1 is 1.56 bits per heavy atom. The lowest BCUT2D eigenvalue weighted by Gasteiger charge is -2.21. The quantitative estimate of drug-likeness (QED) is 0.840. The molecule has 98 valence electrons. The van der Waals surface area contributed by atoms with E-state index in [-0.39, 0.29) is 12.5 Å². The molecule has 0 bridgehead atoms. The van der Waals surface area contributed by atoms with E-state index in [9.17, 15) is 9.90 Å². The number of amides is 1. The van der Waals surface area contributed by atoms with Gasteiger partial charge in [0.15, 0.2) is 0 Å². The van der Waals surface area contributed by atoms with Gasteiger partial charge in [0.25, 0.3) is 5.91 Å². The number of aryl methyl sites for hydroxylation is 1. The molecular formula is C13H16ClNO3. The van der Waals surface area contributed by atoms with Crippen molar-refractivity contribution in [1.29, 1.82) is 0 Å². The average molecular weight is 270 g/mol. The number of halogens is 1. The second-order valence-corrected chi connectivity index (χ2v) is 4.85. The molecule has 1 fully saturated rings. The Kier molecular flexibility index (Phi) is 4.22. The first-order chi connectivity index (χ1) is 8.58. The van der Waals surface area contributed by atoms with E-state index in [4.69, 9.17) is 16.3 Å². The topological polar surface area (TPSA) is 49.8 Å². The fourth-order valence-electron chi connectivity index (χ4n) is 1.89. The van der Waals surface area contributed by atoms with E-state index < -0.39 is 6.10 Å². The molecule has 2 rings (SSSR count). The molecule has 1 aromatic carbocycles. The van der Waals surface area contributed by atoms with Crippen molar-refractivity contribution in [2.45, 2.75) is 13.0 Å². The number of aliphatic hydroxyl groups is 1. The van der Waals surface area contributed by atoms with Gasteiger partial charge >= 0.3 is 0 Å². The number of carbonyl (C=O) groups excluding carboxylic acids is 1. The summed E-state index contributed by atoms with van der Waals surface area (Å²) < 4.78 is 5.20. The molecule has 1 aromatic rings. The maximum absolute atomic E-state index is 12.3. The van der Waals surface area contributed by atoms with Crippen LogP contribution >= 0.6 is 11.6 Å². The first-order valence-corrected chi connectivity index (χ1v) is 6.27. The molecule has 1 saturated heterocycles. The van der Waals surface area contributed by atoms with Crippen LogP contribution in [0.4, 0.5) is 0 Å². The predicted molar refractivity (Wildman–Crippen MR) is 68.9 cm³/mol. The maximum Gasteiger partial charge on any atom is 0.254 e. The molecule has 1 aliphatic rings. The third-order valence-corrected chi connectivity index (χ3v) is 3.36. The van der Waals surface area contributed by atoms with Crippen LogP contribution in [0, 0.1) is 6.92 Å². The molecule has 0 unspecified atom stereocenters. The first kappa shape index (κ1) is 13.3. The highest BCUT2D eigenvalue weighted by atomic mass is 35.5. The minimum absolute atomic E-state index is 0.124. The predicted octanol–water partition coefficient (Wildman–Crippen LogP) is 1.48. The largest absolute Gasteiger partial charge is 0.389 e. The summed E-state index contributed by atoms with van der Waals surface area (Å²) in [4.78, 5) is 13.9. The van der Waals surface area contributed by atoms with E-state index in [1.54, 1.807) is 17.0 Å². The minimum Gasteiger partial charge on any atom is -0.389 e. The fraction of sp³-hybridized carbons (Fsp3) is 0.462. The van der Waals surface area contributed by atoms with E-state index in [0.717, 1.165) is 5.56 Å². The van der Waals surface area contributed by atoms with Gasteiger partial charge in [0, 0.05) is 23.7 Å². The number of nitrogens with zero attached hydrogens (tertiary/aromatic N) is 1. The lowest BCUT2D eigenvalue weighted by molar-refractivity contribution is 0.0534. The number of rotatable bonds is 1. The van der Waals surface area contributed by atoms with Gasteiger partial charge in [-0.3, -0.25) is 4.79 Å². The van der Waals surface area contributed by atoms with Gasteiger partial charge < -0.3 is 14.7 Å². The number of benzene rings is 1. The van der Waals surface area contributed by atoms with Gasteiger partial charge in [-0.2, -0.15) is 0 Å². The molecular weight excluding hydrogens is 254 g/mol. The Morgan fingerprint density at radius 2 is 2.33 bits per heavy atom. The third-order valence-electron chi connectivity index (χ3n) is 2.95. The Balaban J connectivity index is 2.16. The summed E-state index contributed by atoms with van der Waals surface area (Å²) in [5.41, 5.74) is 1.48. The smallest absolute Gasteiger partial charge is 0.254 e. The third kappa shape index (κ3) is 3.02. The van der Waals surface area contributed by atoms with Crippen LogP contribution in [-0.2, 0) is 4.74 Å². The zero-order valence-electron chi connectivity index (χ0n) is 10.2. The number of β-amino-alcohol motifs (C(OH)–C–C–N with tert-alkyl or cyclic N) is 1. The minimum atomic E-state index is -0.627. The molecule has 18 heavy (non-hydrogen) atoms. The summed E-state index contributed by atoms with van der Waals surface area (Å²) >= 11 is 6.01. The number of hydrogen-bond acceptors (Lipinski definition) is 3. The Hall–Kier alpha value is -1.10. The molecule has 0 radical (unpaired) electrons. The van der Waals surface area contributed by atoms with Crippen molar-refractivity contribution in [3.63, 3.8) is 0 Å². The monoisotopic (exact) mass is 269 g/mol. The van der Waals surface area contributed by atoms with Gasteiger partial charge in [-0.15, -0.1) is 0 Å². The Labute approximate surface area is 111 Å². The maximum atomic E-state index is 12.3. The van der Waals surface area contributed by atoms with Crippen LogP contribution in [0.15, 0.2) is 18.2 Å². The summed E-state index contributed by atoms with van der Waals surface area (Å²) in [6, 6.07) is 5.24. The van der Waals surface area contributed by atoms with Gasteiger partial charge in [0.05, 0.1) is 19.3 Å². The second-order valence-electron chi connectivity index (χ2n) is 4.44. The normalized spacial score (nSPS) is 20.6. The number of hydrogen-bond donors (Lipinski definition) is 1. The van der Waals surface area contributed by atoms with Crippen LogP contribution in [0.3, 0.4) is 0 Å². The Morgan fingerprint density at radius 3 is 3.06 bits per heavy atom. The molecule has 5 heteroatoms. The Bertz CT molecular complexity index is 450. The highest BCUT2D eigenvalue weighted by Crippen LogP contribution is 2.18. The van der Waals surface area contributed by atoms with Gasteiger partial charge in [-0.05, 0) is 24.6 Å². The van der Waals surface area contributed by atoms with E-state index in [2.05, 4.69) is 0 Å². The molecule has 4 nitrogen and oxygen atoms in total. The van der Waals surface area contributed by atoms with Crippen molar-refractivity contribution in [1.82, 2.24) is 4.90 Å². The van der Waals surface area contributed by atoms with Crippen molar-refractivity contribution in [3.8, 4) is 0 Å². The zero-order chi connectivity index (χ0) is 13.1.